The lowest BCUT2D eigenvalue weighted by Crippen LogP contribution is -2.15. The van der Waals surface area contributed by atoms with Gasteiger partial charge in [-0.05, 0) is 12.1 Å². The number of hydrogen-bond acceptors (Lipinski definition) is 8. The minimum Gasteiger partial charge on any atom is -0.495 e. The minimum absolute atomic E-state index is 0.243. The molecule has 0 saturated heterocycles. The first-order valence-electron chi connectivity index (χ1n) is 5.49. The molecular weight excluding hydrogens is 246 g/mol. The SMILES string of the molecule is COc1ccccc1Nc1cc(NN)nc(NN)n1. The number of nitrogens with two attached hydrogens (primary N) is 2. The number of ether oxygens (including phenoxy) is 1. The molecule has 1 heterocycles. The summed E-state index contributed by atoms with van der Waals surface area (Å²) >= 11 is 0. The molecule has 0 amide bonds. The quantitative estimate of drug-likeness (QED) is 0.395. The molecule has 1 aromatic carbocycles. The van der Waals surface area contributed by atoms with E-state index in [0.29, 0.717) is 17.4 Å². The van der Waals surface area contributed by atoms with Crippen molar-refractivity contribution in [3.8, 4) is 5.75 Å². The Kier molecular flexibility index (Phi) is 3.96. The van der Waals surface area contributed by atoms with E-state index < -0.39 is 0 Å². The highest BCUT2D eigenvalue weighted by Crippen LogP contribution is 2.27. The Labute approximate surface area is 110 Å². The molecule has 0 atom stereocenters. The number of aromatic nitrogens is 2. The van der Waals surface area contributed by atoms with Crippen LogP contribution < -0.4 is 32.6 Å². The van der Waals surface area contributed by atoms with Crippen molar-refractivity contribution in [3.05, 3.63) is 30.3 Å². The van der Waals surface area contributed by atoms with Crippen LogP contribution in [0.25, 0.3) is 0 Å². The molecule has 8 nitrogen and oxygen atoms in total. The molecule has 0 bridgehead atoms. The molecule has 2 rings (SSSR count). The van der Waals surface area contributed by atoms with Crippen LogP contribution in [0.3, 0.4) is 0 Å². The Hall–Kier alpha value is -2.58. The number of rotatable bonds is 5. The summed E-state index contributed by atoms with van der Waals surface area (Å²) in [7, 11) is 1.60. The van der Waals surface area contributed by atoms with E-state index in [1.165, 1.54) is 0 Å². The molecule has 0 aliphatic heterocycles. The van der Waals surface area contributed by atoms with Crippen molar-refractivity contribution >= 4 is 23.3 Å². The number of hydrazine groups is 2. The molecule has 0 fully saturated rings. The molecule has 0 aliphatic carbocycles. The number of para-hydroxylation sites is 2. The normalized spacial score (nSPS) is 9.84. The molecule has 1 aromatic heterocycles. The van der Waals surface area contributed by atoms with E-state index in [4.69, 9.17) is 16.4 Å². The highest BCUT2D eigenvalue weighted by atomic mass is 16.5. The molecule has 19 heavy (non-hydrogen) atoms. The largest absolute Gasteiger partial charge is 0.495 e. The van der Waals surface area contributed by atoms with Crippen LogP contribution in [0.1, 0.15) is 0 Å². The van der Waals surface area contributed by atoms with Gasteiger partial charge in [0.15, 0.2) is 0 Å². The maximum Gasteiger partial charge on any atom is 0.241 e. The van der Waals surface area contributed by atoms with Gasteiger partial charge in [0.05, 0.1) is 12.8 Å². The fraction of sp³-hybridized carbons (Fsp3) is 0.0909. The number of methoxy groups -OCH3 is 1. The number of nitrogens with zero attached hydrogens (tertiary/aromatic N) is 2. The Morgan fingerprint density at radius 1 is 1.05 bits per heavy atom. The number of benzene rings is 1. The van der Waals surface area contributed by atoms with Gasteiger partial charge < -0.3 is 15.5 Å². The monoisotopic (exact) mass is 261 g/mol. The molecule has 0 radical (unpaired) electrons. The van der Waals surface area contributed by atoms with Crippen LogP contribution >= 0.6 is 0 Å². The second-order valence-electron chi connectivity index (χ2n) is 3.58. The van der Waals surface area contributed by atoms with Crippen LogP contribution in [0.2, 0.25) is 0 Å². The summed E-state index contributed by atoms with van der Waals surface area (Å²) in [5, 5.41) is 3.11. The summed E-state index contributed by atoms with van der Waals surface area (Å²) in [6.45, 7) is 0. The van der Waals surface area contributed by atoms with E-state index in [9.17, 15) is 0 Å². The Morgan fingerprint density at radius 3 is 2.47 bits per heavy atom. The van der Waals surface area contributed by atoms with E-state index in [1.807, 2.05) is 24.3 Å². The maximum absolute atomic E-state index is 5.33. The Balaban J connectivity index is 2.32. The zero-order valence-electron chi connectivity index (χ0n) is 10.3. The molecule has 100 valence electrons. The van der Waals surface area contributed by atoms with Crippen molar-refractivity contribution < 1.29 is 4.74 Å². The minimum atomic E-state index is 0.243. The van der Waals surface area contributed by atoms with Gasteiger partial charge in [0.25, 0.3) is 0 Å². The average molecular weight is 261 g/mol. The van der Waals surface area contributed by atoms with E-state index in [0.717, 1.165) is 5.69 Å². The van der Waals surface area contributed by atoms with Gasteiger partial charge in [0.1, 0.15) is 17.4 Å². The van der Waals surface area contributed by atoms with Crippen molar-refractivity contribution in [2.45, 2.75) is 0 Å². The number of nitrogen functional groups attached to an aromatic ring is 2. The second-order valence-corrected chi connectivity index (χ2v) is 3.58. The number of anilines is 4. The lowest BCUT2D eigenvalue weighted by molar-refractivity contribution is 0.417. The molecule has 0 unspecified atom stereocenters. The van der Waals surface area contributed by atoms with Gasteiger partial charge in [-0.2, -0.15) is 9.97 Å². The van der Waals surface area contributed by atoms with Crippen LogP contribution in [0.5, 0.6) is 5.75 Å². The van der Waals surface area contributed by atoms with Gasteiger partial charge in [0, 0.05) is 6.07 Å². The Bertz CT molecular complexity index is 538. The van der Waals surface area contributed by atoms with Crippen LogP contribution in [-0.2, 0) is 0 Å². The molecular formula is C11H15N7O. The zero-order valence-corrected chi connectivity index (χ0v) is 10.3. The van der Waals surface area contributed by atoms with E-state index >= 15 is 0 Å². The van der Waals surface area contributed by atoms with Gasteiger partial charge in [-0.1, -0.05) is 12.1 Å². The van der Waals surface area contributed by atoms with Crippen molar-refractivity contribution in [1.29, 1.82) is 0 Å². The van der Waals surface area contributed by atoms with Crippen LogP contribution in [0.4, 0.5) is 23.3 Å². The topological polar surface area (TPSA) is 123 Å². The summed E-state index contributed by atoms with van der Waals surface area (Å²) in [5.74, 6) is 12.5. The van der Waals surface area contributed by atoms with Crippen LogP contribution in [0, 0.1) is 0 Å². The lowest BCUT2D eigenvalue weighted by Gasteiger charge is -2.11. The first-order chi connectivity index (χ1) is 9.26. The lowest BCUT2D eigenvalue weighted by atomic mass is 10.3. The molecule has 7 N–H and O–H groups in total. The van der Waals surface area contributed by atoms with Crippen LogP contribution in [0.15, 0.2) is 30.3 Å². The molecule has 8 heteroatoms. The summed E-state index contributed by atoms with van der Waals surface area (Å²) in [6, 6.07) is 9.12. The fourth-order valence-electron chi connectivity index (χ4n) is 1.54. The third-order valence-corrected chi connectivity index (χ3v) is 2.37. The Morgan fingerprint density at radius 2 is 1.79 bits per heavy atom. The average Bonchev–Trinajstić information content (AvgIpc) is 2.47. The third-order valence-electron chi connectivity index (χ3n) is 2.37. The van der Waals surface area contributed by atoms with Crippen molar-refractivity contribution in [2.75, 3.05) is 23.3 Å². The first-order valence-corrected chi connectivity index (χ1v) is 5.49. The molecule has 2 aromatic rings. The van der Waals surface area contributed by atoms with Gasteiger partial charge in [-0.15, -0.1) is 0 Å². The highest BCUT2D eigenvalue weighted by Gasteiger charge is 2.06. The molecule has 0 saturated carbocycles. The van der Waals surface area contributed by atoms with E-state index in [2.05, 4.69) is 26.1 Å². The summed E-state index contributed by atoms with van der Waals surface area (Å²) in [5.41, 5.74) is 5.58. The number of nitrogens with one attached hydrogen (secondary N) is 3. The van der Waals surface area contributed by atoms with Crippen LogP contribution in [-0.4, -0.2) is 17.1 Å². The molecule has 0 spiro atoms. The summed E-state index contributed by atoms with van der Waals surface area (Å²) in [4.78, 5) is 8.16. The van der Waals surface area contributed by atoms with Gasteiger partial charge in [0.2, 0.25) is 5.95 Å². The van der Waals surface area contributed by atoms with Crippen molar-refractivity contribution in [3.63, 3.8) is 0 Å². The summed E-state index contributed by atoms with van der Waals surface area (Å²) < 4.78 is 5.24. The van der Waals surface area contributed by atoms with E-state index in [-0.39, 0.29) is 5.95 Å². The standard InChI is InChI=1S/C11H15N7O/c1-19-8-5-3-2-4-7(8)14-9-6-10(17-12)16-11(15-9)18-13/h2-6H,12-13H2,1H3,(H3,14,15,16,17,18). The fourth-order valence-corrected chi connectivity index (χ4v) is 1.54. The third kappa shape index (κ3) is 3.00. The van der Waals surface area contributed by atoms with Crippen molar-refractivity contribution in [2.24, 2.45) is 11.7 Å². The second kappa shape index (κ2) is 5.85. The maximum atomic E-state index is 5.33. The predicted molar refractivity (Wildman–Crippen MR) is 73.9 cm³/mol. The van der Waals surface area contributed by atoms with Gasteiger partial charge in [-0.25, -0.2) is 11.7 Å². The molecule has 0 aliphatic rings. The predicted octanol–water partition coefficient (Wildman–Crippen LogP) is 0.800. The van der Waals surface area contributed by atoms with Gasteiger partial charge in [-0.3, -0.25) is 5.43 Å². The highest BCUT2D eigenvalue weighted by molar-refractivity contribution is 5.66. The summed E-state index contributed by atoms with van der Waals surface area (Å²) in [6.07, 6.45) is 0. The van der Waals surface area contributed by atoms with E-state index in [1.54, 1.807) is 13.2 Å². The van der Waals surface area contributed by atoms with Gasteiger partial charge >= 0.3 is 0 Å². The zero-order chi connectivity index (χ0) is 13.7. The first kappa shape index (κ1) is 12.9. The number of hydrogen-bond donors (Lipinski definition) is 5. The van der Waals surface area contributed by atoms with Crippen molar-refractivity contribution in [1.82, 2.24) is 9.97 Å². The smallest absolute Gasteiger partial charge is 0.241 e.